The molecule has 1 aromatic carbocycles. The van der Waals surface area contributed by atoms with E-state index in [9.17, 15) is 27.9 Å². The Kier molecular flexibility index (Phi) is 6.30. The van der Waals surface area contributed by atoms with Crippen LogP contribution in [0, 0.1) is 0 Å². The molecule has 2 aliphatic heterocycles. The number of pyridine rings is 1. The monoisotopic (exact) mass is 447 g/mol. The Hall–Kier alpha value is -2.78. The van der Waals surface area contributed by atoms with Gasteiger partial charge in [0.1, 0.15) is 5.69 Å². The van der Waals surface area contributed by atoms with Crippen LogP contribution in [0.2, 0.25) is 0 Å². The minimum Gasteiger partial charge on any atom is -0.392 e. The molecule has 0 saturated carbocycles. The van der Waals surface area contributed by atoms with Gasteiger partial charge >= 0.3 is 6.18 Å². The van der Waals surface area contributed by atoms with Crippen molar-refractivity contribution in [3.63, 3.8) is 0 Å². The maximum absolute atomic E-state index is 13.0. The maximum atomic E-state index is 13.0. The van der Waals surface area contributed by atoms with Crippen molar-refractivity contribution >= 4 is 11.8 Å². The number of amides is 2. The van der Waals surface area contributed by atoms with Crippen LogP contribution in [0.4, 0.5) is 13.2 Å². The number of aromatic nitrogens is 1. The number of carbonyl (C=O) groups is 2. The number of alkyl halides is 3. The second kappa shape index (κ2) is 8.99. The summed E-state index contributed by atoms with van der Waals surface area (Å²) in [5.74, 6) is -0.854. The van der Waals surface area contributed by atoms with E-state index in [1.807, 2.05) is 4.90 Å². The molecule has 3 heterocycles. The van der Waals surface area contributed by atoms with Gasteiger partial charge in [0.2, 0.25) is 0 Å². The highest BCUT2D eigenvalue weighted by molar-refractivity contribution is 6.21. The van der Waals surface area contributed by atoms with Crippen molar-refractivity contribution < 1.29 is 27.9 Å². The number of halogens is 3. The molecule has 9 heteroatoms. The highest BCUT2D eigenvalue weighted by Gasteiger charge is 2.36. The number of carbonyl (C=O) groups excluding carboxylic acids is 2. The molecule has 0 aliphatic carbocycles. The van der Waals surface area contributed by atoms with Crippen LogP contribution in [0.3, 0.4) is 0 Å². The van der Waals surface area contributed by atoms with Crippen LogP contribution < -0.4 is 0 Å². The number of nitrogens with zero attached hydrogens (tertiary/aromatic N) is 3. The minimum atomic E-state index is -4.48. The number of hydrogen-bond donors (Lipinski definition) is 1. The first kappa shape index (κ1) is 22.4. The summed E-state index contributed by atoms with van der Waals surface area (Å²) in [7, 11) is 0. The zero-order valence-corrected chi connectivity index (χ0v) is 17.4. The predicted molar refractivity (Wildman–Crippen MR) is 110 cm³/mol. The van der Waals surface area contributed by atoms with E-state index in [0.717, 1.165) is 30.4 Å². The van der Waals surface area contributed by atoms with Gasteiger partial charge < -0.3 is 10.0 Å². The molecule has 2 aliphatic rings. The average Bonchev–Trinajstić information content (AvgIpc) is 3.02. The smallest absolute Gasteiger partial charge is 0.392 e. The van der Waals surface area contributed by atoms with E-state index in [4.69, 9.17) is 0 Å². The van der Waals surface area contributed by atoms with Gasteiger partial charge in [-0.2, -0.15) is 13.2 Å². The van der Waals surface area contributed by atoms with Crippen LogP contribution in [0.25, 0.3) is 0 Å². The molecule has 0 spiro atoms. The van der Waals surface area contributed by atoms with E-state index < -0.39 is 18.0 Å². The van der Waals surface area contributed by atoms with Gasteiger partial charge in [0.25, 0.3) is 11.8 Å². The van der Waals surface area contributed by atoms with Gasteiger partial charge in [-0.05, 0) is 50.1 Å². The summed E-state index contributed by atoms with van der Waals surface area (Å²) in [6, 6.07) is 10.6. The van der Waals surface area contributed by atoms with Gasteiger partial charge in [0.05, 0.1) is 17.2 Å². The van der Waals surface area contributed by atoms with E-state index in [-0.39, 0.29) is 30.7 Å². The number of benzene rings is 1. The average molecular weight is 447 g/mol. The molecule has 170 valence electrons. The first-order valence-electron chi connectivity index (χ1n) is 10.6. The molecule has 2 amide bonds. The van der Waals surface area contributed by atoms with Crippen LogP contribution in [0.1, 0.15) is 57.3 Å². The second-order valence-electron chi connectivity index (χ2n) is 8.29. The molecule has 6 nitrogen and oxygen atoms in total. The highest BCUT2D eigenvalue weighted by Crippen LogP contribution is 2.31. The summed E-state index contributed by atoms with van der Waals surface area (Å²) in [5.41, 5.74) is 0.261. The minimum absolute atomic E-state index is 0.111. The van der Waals surface area contributed by atoms with Crippen LogP contribution >= 0.6 is 0 Å². The Morgan fingerprint density at radius 2 is 1.75 bits per heavy atom. The number of rotatable bonds is 6. The van der Waals surface area contributed by atoms with Crippen LogP contribution in [-0.4, -0.2) is 64.0 Å². The van der Waals surface area contributed by atoms with E-state index in [2.05, 4.69) is 4.98 Å². The SMILES string of the molecule is O=C1c2ccccc2C(=O)N1CC[C@@H](O)CN1CCCC(c2cccc(C(F)(F)F)n2)C1. The number of hydrogen-bond acceptors (Lipinski definition) is 5. The predicted octanol–water partition coefficient (Wildman–Crippen LogP) is 3.33. The molecule has 1 aromatic heterocycles. The summed E-state index contributed by atoms with van der Waals surface area (Å²) in [5, 5.41) is 10.5. The first-order chi connectivity index (χ1) is 15.2. The summed E-state index contributed by atoms with van der Waals surface area (Å²) in [6.45, 7) is 1.65. The number of aliphatic hydroxyl groups excluding tert-OH is 1. The van der Waals surface area contributed by atoms with Gasteiger partial charge in [0, 0.05) is 31.2 Å². The summed E-state index contributed by atoms with van der Waals surface area (Å²) in [6.07, 6.45) is -3.50. The van der Waals surface area contributed by atoms with E-state index in [1.54, 1.807) is 30.3 Å². The molecule has 4 rings (SSSR count). The topological polar surface area (TPSA) is 73.7 Å². The molecule has 1 unspecified atom stereocenters. The third-order valence-electron chi connectivity index (χ3n) is 6.02. The van der Waals surface area contributed by atoms with Crippen LogP contribution in [0.5, 0.6) is 0 Å². The fourth-order valence-electron chi connectivity index (χ4n) is 4.41. The lowest BCUT2D eigenvalue weighted by Gasteiger charge is -2.34. The van der Waals surface area contributed by atoms with Crippen LogP contribution in [-0.2, 0) is 6.18 Å². The van der Waals surface area contributed by atoms with Crippen molar-refractivity contribution in [1.82, 2.24) is 14.8 Å². The van der Waals surface area contributed by atoms with E-state index in [0.29, 0.717) is 29.9 Å². The van der Waals surface area contributed by atoms with E-state index >= 15 is 0 Å². The Balaban J connectivity index is 1.32. The van der Waals surface area contributed by atoms with Gasteiger partial charge in [-0.3, -0.25) is 14.5 Å². The van der Waals surface area contributed by atoms with Crippen molar-refractivity contribution in [2.24, 2.45) is 0 Å². The number of imide groups is 1. The molecule has 0 bridgehead atoms. The van der Waals surface area contributed by atoms with Crippen molar-refractivity contribution in [3.8, 4) is 0 Å². The lowest BCUT2D eigenvalue weighted by atomic mass is 9.93. The lowest BCUT2D eigenvalue weighted by molar-refractivity contribution is -0.141. The number of likely N-dealkylation sites (tertiary alicyclic amines) is 1. The fourth-order valence-corrected chi connectivity index (χ4v) is 4.41. The van der Waals surface area contributed by atoms with Crippen molar-refractivity contribution in [3.05, 3.63) is 65.0 Å². The highest BCUT2D eigenvalue weighted by atomic mass is 19.4. The number of piperidine rings is 1. The zero-order chi connectivity index (χ0) is 22.9. The molecule has 2 aromatic rings. The number of fused-ring (bicyclic) bond motifs is 1. The number of β-amino-alcohol motifs (C(OH)–C–C–N with tert-alkyl or cyclic N) is 1. The van der Waals surface area contributed by atoms with Crippen molar-refractivity contribution in [2.75, 3.05) is 26.2 Å². The largest absolute Gasteiger partial charge is 0.433 e. The Bertz CT molecular complexity index is 976. The normalized spacial score (nSPS) is 20.5. The lowest BCUT2D eigenvalue weighted by Crippen LogP contribution is -2.41. The summed E-state index contributed by atoms with van der Waals surface area (Å²) in [4.78, 5) is 31.8. The summed E-state index contributed by atoms with van der Waals surface area (Å²) >= 11 is 0. The Labute approximate surface area is 183 Å². The molecular weight excluding hydrogens is 423 g/mol. The third kappa shape index (κ3) is 4.68. The Morgan fingerprint density at radius 1 is 1.06 bits per heavy atom. The molecule has 2 atom stereocenters. The standard InChI is InChI=1S/C23H24F3N3O3/c24-23(25,26)20-9-3-8-19(27-20)15-5-4-11-28(13-15)14-16(30)10-12-29-21(31)17-6-1-2-7-18(17)22(29)32/h1-3,6-9,15-16,30H,4-5,10-14H2/t15?,16-/m1/s1. The second-order valence-corrected chi connectivity index (χ2v) is 8.29. The number of aliphatic hydroxyl groups is 1. The van der Waals surface area contributed by atoms with Crippen LogP contribution in [0.15, 0.2) is 42.5 Å². The molecule has 0 radical (unpaired) electrons. The zero-order valence-electron chi connectivity index (χ0n) is 17.4. The van der Waals surface area contributed by atoms with E-state index in [1.165, 1.54) is 6.07 Å². The third-order valence-corrected chi connectivity index (χ3v) is 6.02. The van der Waals surface area contributed by atoms with Gasteiger partial charge in [0.15, 0.2) is 0 Å². The molecule has 32 heavy (non-hydrogen) atoms. The van der Waals surface area contributed by atoms with Gasteiger partial charge in [-0.15, -0.1) is 0 Å². The van der Waals surface area contributed by atoms with Crippen molar-refractivity contribution in [2.45, 2.75) is 37.5 Å². The first-order valence-corrected chi connectivity index (χ1v) is 10.6. The van der Waals surface area contributed by atoms with Crippen molar-refractivity contribution in [1.29, 1.82) is 0 Å². The molecular formula is C23H24F3N3O3. The molecule has 1 saturated heterocycles. The molecule has 1 fully saturated rings. The Morgan fingerprint density at radius 3 is 2.41 bits per heavy atom. The van der Waals surface area contributed by atoms with Gasteiger partial charge in [-0.1, -0.05) is 18.2 Å². The quantitative estimate of drug-likeness (QED) is 0.688. The maximum Gasteiger partial charge on any atom is 0.433 e. The molecule has 1 N–H and O–H groups in total. The van der Waals surface area contributed by atoms with Gasteiger partial charge in [-0.25, -0.2) is 4.98 Å². The summed E-state index contributed by atoms with van der Waals surface area (Å²) < 4.78 is 38.9. The fraction of sp³-hybridized carbons (Fsp3) is 0.435.